The van der Waals surface area contributed by atoms with Gasteiger partial charge in [-0.3, -0.25) is 0 Å². The number of rotatable bonds is 2. The molecule has 0 aliphatic rings. The first-order valence-corrected chi connectivity index (χ1v) is 5.90. The third kappa shape index (κ3) is 2.29. The minimum Gasteiger partial charge on any atom is -0.422 e. The smallest absolute Gasteiger partial charge is 0.352 e. The molecule has 0 saturated carbocycles. The van der Waals surface area contributed by atoms with Gasteiger partial charge in [-0.05, 0) is 18.2 Å². The first-order chi connectivity index (χ1) is 9.74. The number of hydrogen-bond donors (Lipinski definition) is 0. The van der Waals surface area contributed by atoms with E-state index in [4.69, 9.17) is 9.15 Å². The van der Waals surface area contributed by atoms with Gasteiger partial charge in [-0.15, -0.1) is 0 Å². The number of carbonyl (C=O) groups is 1. The topological polar surface area (TPSA) is 69.4 Å². The fraction of sp³-hybridized carbons (Fsp3) is 0. The van der Waals surface area contributed by atoms with Crippen LogP contribution in [0, 0.1) is 0 Å². The second kappa shape index (κ2) is 4.97. The van der Waals surface area contributed by atoms with Crippen molar-refractivity contribution < 1.29 is 13.9 Å². The second-order valence-electron chi connectivity index (χ2n) is 4.04. The molecule has 0 spiro atoms. The SMILES string of the molecule is O=C(Oc1ccccn1)c1cc2ccccc2oc1=O. The lowest BCUT2D eigenvalue weighted by Gasteiger charge is -2.03. The van der Waals surface area contributed by atoms with Crippen LogP contribution in [-0.2, 0) is 0 Å². The lowest BCUT2D eigenvalue weighted by molar-refractivity contribution is 0.0723. The van der Waals surface area contributed by atoms with Crippen molar-refractivity contribution in [1.82, 2.24) is 4.98 Å². The maximum Gasteiger partial charge on any atom is 0.352 e. The Balaban J connectivity index is 1.99. The van der Waals surface area contributed by atoms with Crippen molar-refractivity contribution in [2.75, 3.05) is 0 Å². The van der Waals surface area contributed by atoms with Gasteiger partial charge in [0.2, 0.25) is 5.88 Å². The number of para-hydroxylation sites is 1. The van der Waals surface area contributed by atoms with Gasteiger partial charge in [0.25, 0.3) is 0 Å². The minimum absolute atomic E-state index is 0.130. The summed E-state index contributed by atoms with van der Waals surface area (Å²) in [6.45, 7) is 0. The van der Waals surface area contributed by atoms with Crippen LogP contribution < -0.4 is 10.4 Å². The first-order valence-electron chi connectivity index (χ1n) is 5.90. The van der Waals surface area contributed by atoms with E-state index < -0.39 is 11.6 Å². The quantitative estimate of drug-likeness (QED) is 0.526. The van der Waals surface area contributed by atoms with Crippen LogP contribution >= 0.6 is 0 Å². The molecule has 0 saturated heterocycles. The normalized spacial score (nSPS) is 10.4. The minimum atomic E-state index is -0.789. The van der Waals surface area contributed by atoms with Crippen LogP contribution in [0.25, 0.3) is 11.0 Å². The van der Waals surface area contributed by atoms with Crippen molar-refractivity contribution >= 4 is 16.9 Å². The average Bonchev–Trinajstić information content (AvgIpc) is 2.47. The summed E-state index contributed by atoms with van der Waals surface area (Å²) in [5.74, 6) is -0.659. The second-order valence-corrected chi connectivity index (χ2v) is 4.04. The number of nitrogens with zero attached hydrogens (tertiary/aromatic N) is 1. The van der Waals surface area contributed by atoms with E-state index in [1.807, 2.05) is 0 Å². The van der Waals surface area contributed by atoms with Crippen molar-refractivity contribution in [3.05, 3.63) is 70.7 Å². The summed E-state index contributed by atoms with van der Waals surface area (Å²) in [4.78, 5) is 27.6. The Morgan fingerprint density at radius 2 is 1.90 bits per heavy atom. The van der Waals surface area contributed by atoms with Crippen molar-refractivity contribution in [1.29, 1.82) is 0 Å². The molecule has 0 fully saturated rings. The van der Waals surface area contributed by atoms with Crippen LogP contribution in [-0.4, -0.2) is 11.0 Å². The highest BCUT2D eigenvalue weighted by molar-refractivity contribution is 5.93. The maximum absolute atomic E-state index is 12.0. The van der Waals surface area contributed by atoms with Crippen LogP contribution in [0.1, 0.15) is 10.4 Å². The first kappa shape index (κ1) is 12.1. The summed E-state index contributed by atoms with van der Waals surface area (Å²) in [6.07, 6.45) is 1.49. The number of benzene rings is 1. The largest absolute Gasteiger partial charge is 0.422 e. The van der Waals surface area contributed by atoms with Crippen LogP contribution in [0.4, 0.5) is 0 Å². The molecule has 0 unspecified atom stereocenters. The molecule has 3 aromatic rings. The van der Waals surface area contributed by atoms with Crippen LogP contribution in [0.3, 0.4) is 0 Å². The van der Waals surface area contributed by atoms with Crippen molar-refractivity contribution in [3.8, 4) is 5.88 Å². The summed E-state index contributed by atoms with van der Waals surface area (Å²) >= 11 is 0. The Morgan fingerprint density at radius 3 is 2.70 bits per heavy atom. The molecular weight excluding hydrogens is 258 g/mol. The monoisotopic (exact) mass is 267 g/mol. The van der Waals surface area contributed by atoms with Gasteiger partial charge in [0.05, 0.1) is 0 Å². The number of pyridine rings is 1. The predicted octanol–water partition coefficient (Wildman–Crippen LogP) is 2.41. The lowest BCUT2D eigenvalue weighted by atomic mass is 10.2. The molecule has 2 heterocycles. The van der Waals surface area contributed by atoms with Gasteiger partial charge in [-0.1, -0.05) is 24.3 Å². The zero-order chi connectivity index (χ0) is 13.9. The summed E-state index contributed by atoms with van der Waals surface area (Å²) in [5, 5.41) is 0.653. The van der Waals surface area contributed by atoms with Gasteiger partial charge < -0.3 is 9.15 Å². The van der Waals surface area contributed by atoms with E-state index in [0.717, 1.165) is 0 Å². The van der Waals surface area contributed by atoms with Crippen molar-refractivity contribution in [3.63, 3.8) is 0 Å². The van der Waals surface area contributed by atoms with Crippen LogP contribution in [0.2, 0.25) is 0 Å². The standard InChI is InChI=1S/C15H9NO4/c17-14-11(9-10-5-1-2-6-12(10)19-14)15(18)20-13-7-3-4-8-16-13/h1-9H. The summed E-state index contributed by atoms with van der Waals surface area (Å²) < 4.78 is 10.1. The van der Waals surface area contributed by atoms with Gasteiger partial charge in [-0.2, -0.15) is 0 Å². The maximum atomic E-state index is 12.0. The van der Waals surface area contributed by atoms with E-state index in [9.17, 15) is 9.59 Å². The Hall–Kier alpha value is -2.95. The third-order valence-electron chi connectivity index (χ3n) is 2.70. The fourth-order valence-electron chi connectivity index (χ4n) is 1.76. The zero-order valence-corrected chi connectivity index (χ0v) is 10.3. The molecule has 3 rings (SSSR count). The summed E-state index contributed by atoms with van der Waals surface area (Å²) in [7, 11) is 0. The molecule has 0 amide bonds. The highest BCUT2D eigenvalue weighted by Gasteiger charge is 2.16. The van der Waals surface area contributed by atoms with E-state index in [2.05, 4.69) is 4.98 Å². The zero-order valence-electron chi connectivity index (χ0n) is 10.3. The van der Waals surface area contributed by atoms with Crippen LogP contribution in [0.15, 0.2) is 63.9 Å². The van der Waals surface area contributed by atoms with E-state index in [0.29, 0.717) is 11.0 Å². The van der Waals surface area contributed by atoms with Crippen molar-refractivity contribution in [2.45, 2.75) is 0 Å². The molecule has 0 aliphatic heterocycles. The molecule has 20 heavy (non-hydrogen) atoms. The van der Waals surface area contributed by atoms with Gasteiger partial charge in [-0.25, -0.2) is 14.6 Å². The molecule has 0 aliphatic carbocycles. The average molecular weight is 267 g/mol. The number of fused-ring (bicyclic) bond motifs is 1. The van der Waals surface area contributed by atoms with E-state index >= 15 is 0 Å². The third-order valence-corrected chi connectivity index (χ3v) is 2.70. The predicted molar refractivity (Wildman–Crippen MR) is 71.7 cm³/mol. The number of esters is 1. The molecule has 5 heteroatoms. The molecule has 0 atom stereocenters. The van der Waals surface area contributed by atoms with E-state index in [1.54, 1.807) is 36.4 Å². The Morgan fingerprint density at radius 1 is 1.10 bits per heavy atom. The molecule has 0 N–H and O–H groups in total. The Kier molecular flexibility index (Phi) is 3.01. The van der Waals surface area contributed by atoms with Gasteiger partial charge in [0.15, 0.2) is 0 Å². The number of hydrogen-bond acceptors (Lipinski definition) is 5. The van der Waals surface area contributed by atoms with E-state index in [-0.39, 0.29) is 11.4 Å². The van der Waals surface area contributed by atoms with Crippen molar-refractivity contribution in [2.24, 2.45) is 0 Å². The summed E-state index contributed by atoms with van der Waals surface area (Å²) in [5.41, 5.74) is -0.467. The molecule has 2 aromatic heterocycles. The molecule has 0 bridgehead atoms. The molecule has 5 nitrogen and oxygen atoms in total. The highest BCUT2D eigenvalue weighted by atomic mass is 16.5. The van der Waals surface area contributed by atoms with Gasteiger partial charge in [0, 0.05) is 17.6 Å². The highest BCUT2D eigenvalue weighted by Crippen LogP contribution is 2.14. The Labute approximate surface area is 113 Å². The number of ether oxygens (including phenoxy) is 1. The fourth-order valence-corrected chi connectivity index (χ4v) is 1.76. The van der Waals surface area contributed by atoms with Gasteiger partial charge >= 0.3 is 11.6 Å². The molecule has 1 aromatic carbocycles. The lowest BCUT2D eigenvalue weighted by Crippen LogP contribution is -2.19. The number of carbonyl (C=O) groups excluding carboxylic acids is 1. The van der Waals surface area contributed by atoms with Gasteiger partial charge in [0.1, 0.15) is 11.1 Å². The molecule has 0 radical (unpaired) electrons. The Bertz CT molecular complexity index is 824. The molecule has 98 valence electrons. The number of aromatic nitrogens is 1. The van der Waals surface area contributed by atoms with Crippen LogP contribution in [0.5, 0.6) is 5.88 Å². The molecular formula is C15H9NO4. The summed E-state index contributed by atoms with van der Waals surface area (Å²) in [6, 6.07) is 13.3. The van der Waals surface area contributed by atoms with E-state index in [1.165, 1.54) is 18.3 Å².